The van der Waals surface area contributed by atoms with Gasteiger partial charge in [-0.25, -0.2) is 8.42 Å². The normalized spacial score (nSPS) is 16.2. The molecule has 2 aromatic carbocycles. The van der Waals surface area contributed by atoms with E-state index in [2.05, 4.69) is 10.2 Å². The highest BCUT2D eigenvalue weighted by atomic mass is 32.2. The Balaban J connectivity index is 1.60. The maximum Gasteiger partial charge on any atom is 0.255 e. The lowest BCUT2D eigenvalue weighted by molar-refractivity contribution is 0.102. The molecule has 7 heteroatoms. The van der Waals surface area contributed by atoms with Crippen LogP contribution < -0.4 is 5.32 Å². The monoisotopic (exact) mass is 387 g/mol. The van der Waals surface area contributed by atoms with Crippen LogP contribution in [0.25, 0.3) is 0 Å². The Morgan fingerprint density at radius 1 is 1.04 bits per heavy atom. The van der Waals surface area contributed by atoms with Crippen molar-refractivity contribution in [3.05, 3.63) is 65.2 Å². The molecule has 0 atom stereocenters. The Morgan fingerprint density at radius 3 is 2.33 bits per heavy atom. The minimum Gasteiger partial charge on any atom is -0.322 e. The van der Waals surface area contributed by atoms with Crippen LogP contribution in [0, 0.1) is 6.92 Å². The molecule has 1 heterocycles. The Kier molecular flexibility index (Phi) is 5.94. The molecule has 6 nitrogen and oxygen atoms in total. The molecule has 0 unspecified atom stereocenters. The van der Waals surface area contributed by atoms with Crippen molar-refractivity contribution in [3.8, 4) is 0 Å². The molecule has 0 radical (unpaired) electrons. The van der Waals surface area contributed by atoms with Crippen molar-refractivity contribution in [1.29, 1.82) is 0 Å². The number of carbonyl (C=O) groups is 1. The predicted octanol–water partition coefficient (Wildman–Crippen LogP) is 2.32. The third kappa shape index (κ3) is 5.38. The molecule has 1 amide bonds. The third-order valence-electron chi connectivity index (χ3n) is 4.71. The van der Waals surface area contributed by atoms with E-state index in [1.165, 1.54) is 10.6 Å². The molecule has 0 saturated carbocycles. The summed E-state index contributed by atoms with van der Waals surface area (Å²) in [7, 11) is -3.12. The van der Waals surface area contributed by atoms with Gasteiger partial charge in [-0.05, 0) is 36.8 Å². The molecule has 1 aliphatic rings. The number of carbonyl (C=O) groups excluding carboxylic acids is 1. The molecule has 2 aromatic rings. The van der Waals surface area contributed by atoms with Gasteiger partial charge in [-0.1, -0.05) is 29.8 Å². The third-order valence-corrected chi connectivity index (χ3v) is 6.01. The number of anilines is 1. The first-order valence-electron chi connectivity index (χ1n) is 8.96. The molecular weight excluding hydrogens is 362 g/mol. The van der Waals surface area contributed by atoms with Crippen molar-refractivity contribution in [3.63, 3.8) is 0 Å². The molecule has 1 fully saturated rings. The second-order valence-electron chi connectivity index (χ2n) is 6.96. The smallest absolute Gasteiger partial charge is 0.255 e. The number of hydrogen-bond acceptors (Lipinski definition) is 4. The summed E-state index contributed by atoms with van der Waals surface area (Å²) in [5, 5.41) is 2.91. The van der Waals surface area contributed by atoms with E-state index in [1.807, 2.05) is 49.4 Å². The molecule has 3 rings (SSSR count). The van der Waals surface area contributed by atoms with Crippen LogP contribution >= 0.6 is 0 Å². The zero-order valence-corrected chi connectivity index (χ0v) is 16.5. The van der Waals surface area contributed by atoms with Crippen LogP contribution in [0.5, 0.6) is 0 Å². The van der Waals surface area contributed by atoms with E-state index in [4.69, 9.17) is 0 Å². The van der Waals surface area contributed by atoms with Gasteiger partial charge in [0.2, 0.25) is 10.0 Å². The Labute approximate surface area is 160 Å². The second-order valence-corrected chi connectivity index (χ2v) is 8.94. The van der Waals surface area contributed by atoms with Gasteiger partial charge >= 0.3 is 0 Å². The molecule has 27 heavy (non-hydrogen) atoms. The van der Waals surface area contributed by atoms with Crippen LogP contribution in [0.4, 0.5) is 5.69 Å². The summed E-state index contributed by atoms with van der Waals surface area (Å²) in [5.74, 6) is -0.136. The highest BCUT2D eigenvalue weighted by Crippen LogP contribution is 2.14. The van der Waals surface area contributed by atoms with Crippen molar-refractivity contribution in [2.75, 3.05) is 37.8 Å². The van der Waals surface area contributed by atoms with E-state index >= 15 is 0 Å². The number of nitrogens with zero attached hydrogens (tertiary/aromatic N) is 2. The van der Waals surface area contributed by atoms with E-state index in [9.17, 15) is 13.2 Å². The molecule has 144 valence electrons. The molecule has 0 aromatic heterocycles. The quantitative estimate of drug-likeness (QED) is 0.855. The molecule has 0 bridgehead atoms. The Bertz CT molecular complexity index is 902. The number of rotatable bonds is 5. The molecule has 0 aliphatic carbocycles. The van der Waals surface area contributed by atoms with Crippen LogP contribution in [-0.2, 0) is 16.6 Å². The minimum absolute atomic E-state index is 0.136. The number of aryl methyl sites for hydroxylation is 1. The number of amides is 1. The lowest BCUT2D eigenvalue weighted by Gasteiger charge is -2.33. The van der Waals surface area contributed by atoms with E-state index in [0.717, 1.165) is 16.8 Å². The van der Waals surface area contributed by atoms with Crippen molar-refractivity contribution in [1.82, 2.24) is 9.21 Å². The van der Waals surface area contributed by atoms with Crippen LogP contribution in [-0.4, -0.2) is 56.0 Å². The number of benzene rings is 2. The average molecular weight is 388 g/mol. The second kappa shape index (κ2) is 8.21. The average Bonchev–Trinajstić information content (AvgIpc) is 2.63. The van der Waals surface area contributed by atoms with Gasteiger partial charge in [0, 0.05) is 44.0 Å². The SMILES string of the molecule is Cc1ccc(NC(=O)c2cccc(CN3CCN(S(C)(=O)=O)CC3)c2)cc1. The van der Waals surface area contributed by atoms with Gasteiger partial charge < -0.3 is 5.32 Å². The first-order valence-corrected chi connectivity index (χ1v) is 10.8. The van der Waals surface area contributed by atoms with Gasteiger partial charge in [-0.15, -0.1) is 0 Å². The lowest BCUT2D eigenvalue weighted by Crippen LogP contribution is -2.47. The molecule has 1 N–H and O–H groups in total. The number of sulfonamides is 1. The fourth-order valence-electron chi connectivity index (χ4n) is 3.13. The van der Waals surface area contributed by atoms with E-state index < -0.39 is 10.0 Å². The summed E-state index contributed by atoms with van der Waals surface area (Å²) in [6.45, 7) is 5.09. The predicted molar refractivity (Wildman–Crippen MR) is 107 cm³/mol. The van der Waals surface area contributed by atoms with E-state index in [-0.39, 0.29) is 5.91 Å². The van der Waals surface area contributed by atoms with Crippen molar-refractivity contribution >= 4 is 21.6 Å². The highest BCUT2D eigenvalue weighted by molar-refractivity contribution is 7.88. The zero-order valence-electron chi connectivity index (χ0n) is 15.7. The van der Waals surface area contributed by atoms with Gasteiger partial charge in [0.25, 0.3) is 5.91 Å². The summed E-state index contributed by atoms with van der Waals surface area (Å²) in [6, 6.07) is 15.3. The minimum atomic E-state index is -3.12. The first kappa shape index (κ1) is 19.5. The van der Waals surface area contributed by atoms with Crippen molar-refractivity contribution in [2.45, 2.75) is 13.5 Å². The lowest BCUT2D eigenvalue weighted by atomic mass is 10.1. The van der Waals surface area contributed by atoms with Gasteiger partial charge in [0.05, 0.1) is 6.26 Å². The maximum absolute atomic E-state index is 12.5. The molecule has 1 aliphatic heterocycles. The van der Waals surface area contributed by atoms with Crippen molar-refractivity contribution in [2.24, 2.45) is 0 Å². The standard InChI is InChI=1S/C20H25N3O3S/c1-16-6-8-19(9-7-16)21-20(24)18-5-3-4-17(14-18)15-22-10-12-23(13-11-22)27(2,25)26/h3-9,14H,10-13,15H2,1-2H3,(H,21,24). The number of nitrogens with one attached hydrogen (secondary N) is 1. The summed E-state index contributed by atoms with van der Waals surface area (Å²) in [6.07, 6.45) is 1.25. The fraction of sp³-hybridized carbons (Fsp3) is 0.350. The maximum atomic E-state index is 12.5. The molecule has 0 spiro atoms. The van der Waals surface area contributed by atoms with Gasteiger partial charge in [-0.3, -0.25) is 9.69 Å². The topological polar surface area (TPSA) is 69.7 Å². The van der Waals surface area contributed by atoms with Crippen LogP contribution in [0.3, 0.4) is 0 Å². The summed E-state index contributed by atoms with van der Waals surface area (Å²) < 4.78 is 24.7. The highest BCUT2D eigenvalue weighted by Gasteiger charge is 2.23. The number of piperazine rings is 1. The Hall–Kier alpha value is -2.22. The van der Waals surface area contributed by atoms with Gasteiger partial charge in [0.1, 0.15) is 0 Å². The van der Waals surface area contributed by atoms with Crippen LogP contribution in [0.15, 0.2) is 48.5 Å². The number of hydrogen-bond donors (Lipinski definition) is 1. The van der Waals surface area contributed by atoms with Crippen LogP contribution in [0.2, 0.25) is 0 Å². The summed E-state index contributed by atoms with van der Waals surface area (Å²) >= 11 is 0. The largest absolute Gasteiger partial charge is 0.322 e. The summed E-state index contributed by atoms with van der Waals surface area (Å²) in [4.78, 5) is 14.7. The summed E-state index contributed by atoms with van der Waals surface area (Å²) in [5.41, 5.74) is 3.57. The zero-order chi connectivity index (χ0) is 19.4. The first-order chi connectivity index (χ1) is 12.8. The molecular formula is C20H25N3O3S. The van der Waals surface area contributed by atoms with E-state index in [1.54, 1.807) is 6.07 Å². The van der Waals surface area contributed by atoms with Crippen molar-refractivity contribution < 1.29 is 13.2 Å². The van der Waals surface area contributed by atoms with Gasteiger partial charge in [-0.2, -0.15) is 4.31 Å². The van der Waals surface area contributed by atoms with E-state index in [0.29, 0.717) is 38.3 Å². The molecule has 1 saturated heterocycles. The van der Waals surface area contributed by atoms with Crippen LogP contribution in [0.1, 0.15) is 21.5 Å². The fourth-order valence-corrected chi connectivity index (χ4v) is 3.96. The van der Waals surface area contributed by atoms with Gasteiger partial charge in [0.15, 0.2) is 0 Å². The Morgan fingerprint density at radius 2 is 1.70 bits per heavy atom.